The van der Waals surface area contributed by atoms with E-state index in [9.17, 15) is 5.26 Å². The van der Waals surface area contributed by atoms with Crippen LogP contribution in [0, 0.1) is 11.3 Å². The minimum atomic E-state index is 0.502. The van der Waals surface area contributed by atoms with Crippen LogP contribution in [0.1, 0.15) is 11.3 Å². The highest BCUT2D eigenvalue weighted by Gasteiger charge is 2.08. The number of hydrogen-bond acceptors (Lipinski definition) is 2. The number of hydrogen-bond donors (Lipinski definition) is 0. The van der Waals surface area contributed by atoms with Gasteiger partial charge in [0.15, 0.2) is 0 Å². The number of allylic oxidation sites excluding steroid dienone is 1. The van der Waals surface area contributed by atoms with E-state index in [2.05, 4.69) is 6.07 Å². The third-order valence-electron chi connectivity index (χ3n) is 3.33. The first kappa shape index (κ1) is 15.4. The van der Waals surface area contributed by atoms with Crippen LogP contribution in [0.2, 0.25) is 10.0 Å². The summed E-state index contributed by atoms with van der Waals surface area (Å²) in [5.74, 6) is 1.25. The summed E-state index contributed by atoms with van der Waals surface area (Å²) in [6.07, 6.45) is 1.70. The molecule has 0 aliphatic rings. The van der Waals surface area contributed by atoms with Crippen molar-refractivity contribution in [3.63, 3.8) is 0 Å². The van der Waals surface area contributed by atoms with Crippen LogP contribution in [0.3, 0.4) is 0 Å². The highest BCUT2D eigenvalue weighted by atomic mass is 35.5. The third kappa shape index (κ3) is 3.48. The van der Waals surface area contributed by atoms with Gasteiger partial charge in [-0.05, 0) is 48.0 Å². The summed E-state index contributed by atoms with van der Waals surface area (Å²) in [7, 11) is 0. The van der Waals surface area contributed by atoms with Crippen molar-refractivity contribution in [3.05, 3.63) is 82.0 Å². The number of rotatable bonds is 3. The van der Waals surface area contributed by atoms with E-state index in [0.29, 0.717) is 27.1 Å². The predicted octanol–water partition coefficient (Wildman–Crippen LogP) is 6.32. The molecule has 0 aliphatic heterocycles. The maximum atomic E-state index is 9.36. The van der Waals surface area contributed by atoms with Crippen molar-refractivity contribution in [2.24, 2.45) is 0 Å². The van der Waals surface area contributed by atoms with Crippen molar-refractivity contribution in [1.82, 2.24) is 0 Å². The Labute approximate surface area is 144 Å². The molecule has 2 aromatic carbocycles. The molecule has 1 heterocycles. The number of halogens is 2. The van der Waals surface area contributed by atoms with Gasteiger partial charge in [-0.25, -0.2) is 0 Å². The molecule has 0 spiro atoms. The Kier molecular flexibility index (Phi) is 4.52. The smallest absolute Gasteiger partial charge is 0.136 e. The van der Waals surface area contributed by atoms with Gasteiger partial charge >= 0.3 is 0 Å². The topological polar surface area (TPSA) is 36.9 Å². The predicted molar refractivity (Wildman–Crippen MR) is 94.1 cm³/mol. The van der Waals surface area contributed by atoms with Crippen molar-refractivity contribution in [2.75, 3.05) is 0 Å². The fraction of sp³-hybridized carbons (Fsp3) is 0. The van der Waals surface area contributed by atoms with Crippen LogP contribution >= 0.6 is 23.2 Å². The summed E-state index contributed by atoms with van der Waals surface area (Å²) in [6.45, 7) is 0. The SMILES string of the molecule is N#C/C(=C\c1ccc(-c2ccccc2Cl)o1)c1ccc(Cl)cc1. The fourth-order valence-corrected chi connectivity index (χ4v) is 2.54. The molecule has 2 nitrogen and oxygen atoms in total. The Bertz CT molecular complexity index is 902. The number of furan rings is 1. The first-order chi connectivity index (χ1) is 11.2. The number of nitriles is 1. The highest BCUT2D eigenvalue weighted by Crippen LogP contribution is 2.30. The van der Waals surface area contributed by atoms with Gasteiger partial charge in [-0.2, -0.15) is 5.26 Å². The lowest BCUT2D eigenvalue weighted by atomic mass is 10.1. The normalized spacial score (nSPS) is 11.3. The molecule has 1 aromatic heterocycles. The third-order valence-corrected chi connectivity index (χ3v) is 3.91. The van der Waals surface area contributed by atoms with Crippen LogP contribution in [0.15, 0.2) is 65.1 Å². The zero-order valence-electron chi connectivity index (χ0n) is 12.0. The Morgan fingerprint density at radius 2 is 1.70 bits per heavy atom. The van der Waals surface area contributed by atoms with E-state index in [1.54, 1.807) is 30.3 Å². The Morgan fingerprint density at radius 1 is 0.957 bits per heavy atom. The molecule has 23 heavy (non-hydrogen) atoms. The first-order valence-corrected chi connectivity index (χ1v) is 7.65. The molecular formula is C19H11Cl2NO. The Balaban J connectivity index is 1.95. The van der Waals surface area contributed by atoms with Crippen LogP contribution in [0.5, 0.6) is 0 Å². The molecule has 0 radical (unpaired) electrons. The summed E-state index contributed by atoms with van der Waals surface area (Å²) < 4.78 is 5.79. The van der Waals surface area contributed by atoms with E-state index < -0.39 is 0 Å². The summed E-state index contributed by atoms with van der Waals surface area (Å²) >= 11 is 12.0. The molecule has 112 valence electrons. The lowest BCUT2D eigenvalue weighted by Gasteiger charge is -2.00. The lowest BCUT2D eigenvalue weighted by molar-refractivity contribution is 0.572. The molecule has 0 N–H and O–H groups in total. The molecule has 0 bridgehead atoms. The summed E-state index contributed by atoms with van der Waals surface area (Å²) in [6, 6.07) is 20.4. The van der Waals surface area contributed by atoms with Crippen LogP contribution in [0.25, 0.3) is 23.0 Å². The van der Waals surface area contributed by atoms with Crippen LogP contribution in [-0.4, -0.2) is 0 Å². The molecule has 0 fully saturated rings. The van der Waals surface area contributed by atoms with Gasteiger partial charge in [-0.15, -0.1) is 0 Å². The molecule has 4 heteroatoms. The second kappa shape index (κ2) is 6.75. The average Bonchev–Trinajstić information content (AvgIpc) is 3.02. The monoisotopic (exact) mass is 339 g/mol. The second-order valence-electron chi connectivity index (χ2n) is 4.86. The molecule has 3 aromatic rings. The van der Waals surface area contributed by atoms with Gasteiger partial charge in [0.2, 0.25) is 0 Å². The van der Waals surface area contributed by atoms with Crippen LogP contribution in [0.4, 0.5) is 0 Å². The van der Waals surface area contributed by atoms with Crippen molar-refractivity contribution >= 4 is 34.9 Å². The van der Waals surface area contributed by atoms with Crippen LogP contribution in [-0.2, 0) is 0 Å². The van der Waals surface area contributed by atoms with Gasteiger partial charge in [0.1, 0.15) is 11.5 Å². The molecule has 0 saturated heterocycles. The number of nitrogens with zero attached hydrogens (tertiary/aromatic N) is 1. The molecule has 3 rings (SSSR count). The molecule has 0 saturated carbocycles. The van der Waals surface area contributed by atoms with E-state index in [1.807, 2.05) is 36.4 Å². The highest BCUT2D eigenvalue weighted by molar-refractivity contribution is 6.33. The summed E-state index contributed by atoms with van der Waals surface area (Å²) in [5, 5.41) is 10.6. The standard InChI is InChI=1S/C19H11Cl2NO/c20-15-7-5-13(6-8-15)14(12-22)11-16-9-10-19(23-16)17-3-1-2-4-18(17)21/h1-11H/b14-11+. The van der Waals surface area contributed by atoms with E-state index >= 15 is 0 Å². The van der Waals surface area contributed by atoms with Crippen molar-refractivity contribution in [2.45, 2.75) is 0 Å². The Morgan fingerprint density at radius 3 is 2.39 bits per heavy atom. The molecule has 0 atom stereocenters. The molecule has 0 aliphatic carbocycles. The van der Waals surface area contributed by atoms with Crippen molar-refractivity contribution in [1.29, 1.82) is 5.26 Å². The van der Waals surface area contributed by atoms with Gasteiger partial charge in [0.05, 0.1) is 16.7 Å². The quantitative estimate of drug-likeness (QED) is 0.523. The maximum Gasteiger partial charge on any atom is 0.136 e. The maximum absolute atomic E-state index is 9.36. The van der Waals surface area contributed by atoms with Gasteiger partial charge in [0.25, 0.3) is 0 Å². The zero-order chi connectivity index (χ0) is 16.2. The van der Waals surface area contributed by atoms with Crippen molar-refractivity contribution in [3.8, 4) is 17.4 Å². The van der Waals surface area contributed by atoms with Gasteiger partial charge in [-0.3, -0.25) is 0 Å². The van der Waals surface area contributed by atoms with Gasteiger partial charge in [-0.1, -0.05) is 47.5 Å². The molecule has 0 unspecified atom stereocenters. The van der Waals surface area contributed by atoms with E-state index in [0.717, 1.165) is 11.1 Å². The Hall–Kier alpha value is -2.47. The summed E-state index contributed by atoms with van der Waals surface area (Å²) in [4.78, 5) is 0. The van der Waals surface area contributed by atoms with E-state index in [1.165, 1.54) is 0 Å². The second-order valence-corrected chi connectivity index (χ2v) is 5.70. The summed E-state index contributed by atoms with van der Waals surface area (Å²) in [5.41, 5.74) is 2.10. The average molecular weight is 340 g/mol. The first-order valence-electron chi connectivity index (χ1n) is 6.90. The molecular weight excluding hydrogens is 329 g/mol. The van der Waals surface area contributed by atoms with Gasteiger partial charge < -0.3 is 4.42 Å². The zero-order valence-corrected chi connectivity index (χ0v) is 13.5. The largest absolute Gasteiger partial charge is 0.457 e. The lowest BCUT2D eigenvalue weighted by Crippen LogP contribution is -1.80. The fourth-order valence-electron chi connectivity index (χ4n) is 2.19. The van der Waals surface area contributed by atoms with E-state index in [4.69, 9.17) is 27.6 Å². The van der Waals surface area contributed by atoms with Crippen LogP contribution < -0.4 is 0 Å². The van der Waals surface area contributed by atoms with Gasteiger partial charge in [0, 0.05) is 10.6 Å². The number of benzene rings is 2. The van der Waals surface area contributed by atoms with Crippen molar-refractivity contribution < 1.29 is 4.42 Å². The minimum Gasteiger partial charge on any atom is -0.457 e. The molecule has 0 amide bonds. The van der Waals surface area contributed by atoms with E-state index in [-0.39, 0.29) is 0 Å². The minimum absolute atomic E-state index is 0.502.